The molecule has 19 heavy (non-hydrogen) atoms. The van der Waals surface area contributed by atoms with Crippen molar-refractivity contribution in [2.45, 2.75) is 45.2 Å². The Bertz CT molecular complexity index is 450. The number of aromatic hydroxyl groups is 1. The fourth-order valence-electron chi connectivity index (χ4n) is 3.70. The average Bonchev–Trinajstić information content (AvgIpc) is 2.70. The lowest BCUT2D eigenvalue weighted by atomic mass is 9.80. The number of rotatable bonds is 2. The molecule has 1 aliphatic heterocycles. The molecular formula is C16H23NO2. The summed E-state index contributed by atoms with van der Waals surface area (Å²) in [6.07, 6.45) is 3.87. The molecule has 104 valence electrons. The molecule has 1 aliphatic carbocycles. The first-order valence-electron chi connectivity index (χ1n) is 7.33. The van der Waals surface area contributed by atoms with Gasteiger partial charge in [-0.1, -0.05) is 13.8 Å². The minimum atomic E-state index is 0.276. The Morgan fingerprint density at radius 3 is 2.63 bits per heavy atom. The maximum absolute atomic E-state index is 9.47. The van der Waals surface area contributed by atoms with E-state index in [1.54, 1.807) is 12.1 Å². The van der Waals surface area contributed by atoms with Crippen LogP contribution in [0.25, 0.3) is 0 Å². The summed E-state index contributed by atoms with van der Waals surface area (Å²) in [4.78, 5) is 0. The molecule has 2 aliphatic rings. The molecule has 3 atom stereocenters. The molecule has 3 nitrogen and oxygen atoms in total. The van der Waals surface area contributed by atoms with Crippen molar-refractivity contribution < 1.29 is 9.84 Å². The van der Waals surface area contributed by atoms with E-state index in [0.717, 1.165) is 17.6 Å². The van der Waals surface area contributed by atoms with E-state index >= 15 is 0 Å². The third-order valence-corrected chi connectivity index (χ3v) is 4.39. The molecule has 0 amide bonds. The minimum absolute atomic E-state index is 0.276. The second-order valence-corrected chi connectivity index (χ2v) is 6.37. The lowest BCUT2D eigenvalue weighted by Gasteiger charge is -2.33. The highest BCUT2D eigenvalue weighted by molar-refractivity contribution is 5.44. The molecule has 3 unspecified atom stereocenters. The summed E-state index contributed by atoms with van der Waals surface area (Å²) in [6.45, 7) is 5.38. The number of phenols is 1. The van der Waals surface area contributed by atoms with Crippen LogP contribution in [0, 0.1) is 11.8 Å². The van der Waals surface area contributed by atoms with Crippen LogP contribution in [-0.4, -0.2) is 17.8 Å². The monoisotopic (exact) mass is 261 g/mol. The lowest BCUT2D eigenvalue weighted by molar-refractivity contribution is 0.212. The molecule has 0 saturated heterocycles. The second kappa shape index (κ2) is 5.04. The first kappa shape index (κ1) is 12.8. The molecule has 0 aromatic heterocycles. The molecule has 0 bridgehead atoms. The van der Waals surface area contributed by atoms with Crippen LogP contribution in [0.1, 0.15) is 44.7 Å². The smallest absolute Gasteiger partial charge is 0.127 e. The third-order valence-electron chi connectivity index (χ3n) is 4.39. The van der Waals surface area contributed by atoms with Crippen LogP contribution in [0.2, 0.25) is 0 Å². The zero-order valence-corrected chi connectivity index (χ0v) is 11.7. The van der Waals surface area contributed by atoms with E-state index in [4.69, 9.17) is 4.74 Å². The quantitative estimate of drug-likeness (QED) is 0.858. The number of hydrogen-bond donors (Lipinski definition) is 2. The van der Waals surface area contributed by atoms with E-state index in [1.165, 1.54) is 24.8 Å². The van der Waals surface area contributed by atoms with Crippen molar-refractivity contribution in [1.29, 1.82) is 0 Å². The van der Waals surface area contributed by atoms with Gasteiger partial charge in [0, 0.05) is 17.7 Å². The molecule has 1 heterocycles. The zero-order chi connectivity index (χ0) is 13.4. The first-order chi connectivity index (χ1) is 9.11. The van der Waals surface area contributed by atoms with Crippen molar-refractivity contribution >= 4 is 0 Å². The van der Waals surface area contributed by atoms with E-state index < -0.39 is 0 Å². The Balaban J connectivity index is 1.69. The molecule has 0 radical (unpaired) electrons. The van der Waals surface area contributed by atoms with Gasteiger partial charge in [-0.15, -0.1) is 0 Å². The Morgan fingerprint density at radius 2 is 1.89 bits per heavy atom. The van der Waals surface area contributed by atoms with Crippen LogP contribution in [0.3, 0.4) is 0 Å². The van der Waals surface area contributed by atoms with Crippen molar-refractivity contribution in [2.75, 3.05) is 6.61 Å². The van der Waals surface area contributed by atoms with E-state index in [9.17, 15) is 5.11 Å². The maximum atomic E-state index is 9.47. The van der Waals surface area contributed by atoms with Crippen molar-refractivity contribution in [3.63, 3.8) is 0 Å². The number of hydrogen-bond acceptors (Lipinski definition) is 3. The van der Waals surface area contributed by atoms with Gasteiger partial charge in [0.1, 0.15) is 18.1 Å². The summed E-state index contributed by atoms with van der Waals surface area (Å²) in [6, 6.07) is 6.30. The van der Waals surface area contributed by atoms with Gasteiger partial charge in [-0.05, 0) is 43.2 Å². The van der Waals surface area contributed by atoms with Gasteiger partial charge in [0.05, 0.1) is 6.04 Å². The van der Waals surface area contributed by atoms with Crippen molar-refractivity contribution in [3.8, 4) is 11.5 Å². The summed E-state index contributed by atoms with van der Waals surface area (Å²) in [7, 11) is 0. The second-order valence-electron chi connectivity index (χ2n) is 6.37. The summed E-state index contributed by atoms with van der Waals surface area (Å²) in [5.74, 6) is 2.72. The number of phenolic OH excluding ortho intramolecular Hbond substituents is 1. The van der Waals surface area contributed by atoms with E-state index in [2.05, 4.69) is 19.2 Å². The van der Waals surface area contributed by atoms with Gasteiger partial charge in [0.2, 0.25) is 0 Å². The Kier molecular flexibility index (Phi) is 3.40. The molecule has 0 spiro atoms. The van der Waals surface area contributed by atoms with Crippen molar-refractivity contribution in [3.05, 3.63) is 23.8 Å². The van der Waals surface area contributed by atoms with Crippen molar-refractivity contribution in [2.24, 2.45) is 11.8 Å². The van der Waals surface area contributed by atoms with Gasteiger partial charge in [0.15, 0.2) is 0 Å². The van der Waals surface area contributed by atoms with Crippen LogP contribution in [0.5, 0.6) is 11.5 Å². The number of benzene rings is 1. The first-order valence-corrected chi connectivity index (χ1v) is 7.33. The summed E-state index contributed by atoms with van der Waals surface area (Å²) < 4.78 is 5.66. The SMILES string of the molecule is CC1CC(C)CC(NC2COc3cc(O)ccc32)C1. The third kappa shape index (κ3) is 2.71. The molecule has 1 aromatic carbocycles. The minimum Gasteiger partial charge on any atom is -0.508 e. The normalized spacial score (nSPS) is 33.8. The average molecular weight is 261 g/mol. The molecular weight excluding hydrogens is 238 g/mol. The summed E-state index contributed by atoms with van der Waals surface area (Å²) >= 11 is 0. The number of nitrogens with one attached hydrogen (secondary N) is 1. The van der Waals surface area contributed by atoms with Crippen LogP contribution >= 0.6 is 0 Å². The largest absolute Gasteiger partial charge is 0.508 e. The summed E-state index contributed by atoms with van der Waals surface area (Å²) in [5.41, 5.74) is 1.18. The topological polar surface area (TPSA) is 41.5 Å². The highest BCUT2D eigenvalue weighted by atomic mass is 16.5. The van der Waals surface area contributed by atoms with Gasteiger partial charge in [-0.3, -0.25) is 0 Å². The van der Waals surface area contributed by atoms with Gasteiger partial charge in [-0.2, -0.15) is 0 Å². The van der Waals surface area contributed by atoms with Gasteiger partial charge in [0.25, 0.3) is 0 Å². The highest BCUT2D eigenvalue weighted by Crippen LogP contribution is 2.37. The Labute approximate surface area is 115 Å². The van der Waals surface area contributed by atoms with Crippen LogP contribution in [-0.2, 0) is 0 Å². The van der Waals surface area contributed by atoms with Crippen molar-refractivity contribution in [1.82, 2.24) is 5.32 Å². The van der Waals surface area contributed by atoms with Crippen LogP contribution < -0.4 is 10.1 Å². The molecule has 3 heteroatoms. The van der Waals surface area contributed by atoms with Crippen LogP contribution in [0.4, 0.5) is 0 Å². The predicted octanol–water partition coefficient (Wildman–Crippen LogP) is 3.24. The molecule has 2 N–H and O–H groups in total. The Hall–Kier alpha value is -1.22. The molecule has 1 aromatic rings. The maximum Gasteiger partial charge on any atom is 0.127 e. The van der Waals surface area contributed by atoms with Gasteiger partial charge in [-0.25, -0.2) is 0 Å². The van der Waals surface area contributed by atoms with Crippen LogP contribution in [0.15, 0.2) is 18.2 Å². The zero-order valence-electron chi connectivity index (χ0n) is 11.7. The van der Waals surface area contributed by atoms with Gasteiger partial charge < -0.3 is 15.2 Å². The Morgan fingerprint density at radius 1 is 1.16 bits per heavy atom. The standard InChI is InChI=1S/C16H23NO2/c1-10-5-11(2)7-12(6-10)17-15-9-19-16-8-13(18)3-4-14(15)16/h3-4,8,10-12,15,17-18H,5-7,9H2,1-2H3. The fraction of sp³-hybridized carbons (Fsp3) is 0.625. The fourth-order valence-corrected chi connectivity index (χ4v) is 3.70. The number of ether oxygens (including phenoxy) is 1. The van der Waals surface area contributed by atoms with E-state index in [-0.39, 0.29) is 11.8 Å². The van der Waals surface area contributed by atoms with E-state index in [0.29, 0.717) is 12.6 Å². The number of fused-ring (bicyclic) bond motifs is 1. The summed E-state index contributed by atoms with van der Waals surface area (Å²) in [5, 5.41) is 13.2. The highest BCUT2D eigenvalue weighted by Gasteiger charge is 2.30. The molecule has 1 saturated carbocycles. The van der Waals surface area contributed by atoms with Gasteiger partial charge >= 0.3 is 0 Å². The lowest BCUT2D eigenvalue weighted by Crippen LogP contribution is -2.39. The van der Waals surface area contributed by atoms with E-state index in [1.807, 2.05) is 6.07 Å². The molecule has 1 fully saturated rings. The predicted molar refractivity (Wildman–Crippen MR) is 75.4 cm³/mol. The molecule has 3 rings (SSSR count).